The van der Waals surface area contributed by atoms with Gasteiger partial charge in [0.2, 0.25) is 11.8 Å². The van der Waals surface area contributed by atoms with Crippen LogP contribution in [-0.2, 0) is 26.3 Å². The summed E-state index contributed by atoms with van der Waals surface area (Å²) in [7, 11) is 0. The summed E-state index contributed by atoms with van der Waals surface area (Å²) >= 11 is 0. The normalized spacial score (nSPS) is 22.2. The predicted octanol–water partition coefficient (Wildman–Crippen LogP) is 0.0207. The van der Waals surface area contributed by atoms with E-state index in [1.54, 1.807) is 13.8 Å². The molecule has 2 atom stereocenters. The minimum absolute atomic E-state index is 0.320. The van der Waals surface area contributed by atoms with E-state index >= 15 is 0 Å². The number of nitrogens with zero attached hydrogens (tertiary/aromatic N) is 1. The fraction of sp³-hybridized carbons (Fsp3) is 0.444. The molecule has 26 heavy (non-hydrogen) atoms. The molecule has 138 valence electrons. The number of fused-ring (bicyclic) bond motifs is 2. The topological polar surface area (TPSA) is 108 Å². The molecule has 1 fully saturated rings. The summed E-state index contributed by atoms with van der Waals surface area (Å²) in [5.41, 5.74) is 0.730. The molecule has 0 bridgehead atoms. The first kappa shape index (κ1) is 17.9. The van der Waals surface area contributed by atoms with Gasteiger partial charge in [-0.05, 0) is 37.8 Å². The Bertz CT molecular complexity index is 778. The van der Waals surface area contributed by atoms with Crippen molar-refractivity contribution in [3.05, 3.63) is 35.4 Å². The summed E-state index contributed by atoms with van der Waals surface area (Å²) in [5, 5.41) is 7.87. The number of imide groups is 1. The van der Waals surface area contributed by atoms with E-state index in [4.69, 9.17) is 0 Å². The van der Waals surface area contributed by atoms with Crippen LogP contribution < -0.4 is 16.0 Å². The van der Waals surface area contributed by atoms with Gasteiger partial charge in [0, 0.05) is 6.54 Å². The van der Waals surface area contributed by atoms with Gasteiger partial charge >= 0.3 is 6.03 Å². The van der Waals surface area contributed by atoms with E-state index < -0.39 is 36.0 Å². The van der Waals surface area contributed by atoms with Gasteiger partial charge in [0.1, 0.15) is 18.1 Å². The maximum absolute atomic E-state index is 12.9. The van der Waals surface area contributed by atoms with Gasteiger partial charge in [0.25, 0.3) is 5.91 Å². The van der Waals surface area contributed by atoms with Gasteiger partial charge in [-0.2, -0.15) is 0 Å². The van der Waals surface area contributed by atoms with Crippen LogP contribution in [0.25, 0.3) is 0 Å². The molecule has 1 aromatic rings. The summed E-state index contributed by atoms with van der Waals surface area (Å²) in [5.74, 6) is -1.30. The number of amides is 5. The van der Waals surface area contributed by atoms with Gasteiger partial charge in [0.05, 0.1) is 0 Å². The Morgan fingerprint density at radius 2 is 2.04 bits per heavy atom. The van der Waals surface area contributed by atoms with E-state index in [2.05, 4.69) is 16.0 Å². The fourth-order valence-electron chi connectivity index (χ4n) is 3.56. The fourth-order valence-corrected chi connectivity index (χ4v) is 3.56. The number of benzene rings is 1. The van der Waals surface area contributed by atoms with Crippen molar-refractivity contribution in [3.8, 4) is 0 Å². The maximum atomic E-state index is 12.9. The SMILES string of the molecule is CCNC(=O)[C@@H](C)NC(=O)CN1C(=O)N[C@@]2(CCc3ccccc32)C1=O. The molecule has 1 heterocycles. The molecule has 0 saturated carbocycles. The molecule has 3 N–H and O–H groups in total. The molecular formula is C18H22N4O4. The van der Waals surface area contributed by atoms with E-state index in [9.17, 15) is 19.2 Å². The van der Waals surface area contributed by atoms with Crippen LogP contribution in [0.5, 0.6) is 0 Å². The third-order valence-corrected chi connectivity index (χ3v) is 4.85. The van der Waals surface area contributed by atoms with Crippen LogP contribution >= 0.6 is 0 Å². The Kier molecular flexibility index (Phi) is 4.67. The van der Waals surface area contributed by atoms with E-state index in [0.717, 1.165) is 16.0 Å². The lowest BCUT2D eigenvalue weighted by atomic mass is 9.92. The summed E-state index contributed by atoms with van der Waals surface area (Å²) in [4.78, 5) is 50.1. The Labute approximate surface area is 151 Å². The molecule has 0 aromatic heterocycles. The van der Waals surface area contributed by atoms with Crippen LogP contribution in [0.2, 0.25) is 0 Å². The molecule has 0 unspecified atom stereocenters. The average molecular weight is 358 g/mol. The highest BCUT2D eigenvalue weighted by atomic mass is 16.2. The Morgan fingerprint density at radius 1 is 1.31 bits per heavy atom. The summed E-state index contributed by atoms with van der Waals surface area (Å²) < 4.78 is 0. The Hall–Kier alpha value is -2.90. The number of hydrogen-bond acceptors (Lipinski definition) is 4. The largest absolute Gasteiger partial charge is 0.355 e. The van der Waals surface area contributed by atoms with E-state index in [1.165, 1.54) is 0 Å². The van der Waals surface area contributed by atoms with Gasteiger partial charge in [-0.1, -0.05) is 24.3 Å². The first-order chi connectivity index (χ1) is 12.4. The van der Waals surface area contributed by atoms with Gasteiger partial charge in [-0.25, -0.2) is 4.79 Å². The minimum atomic E-state index is -1.08. The van der Waals surface area contributed by atoms with Crippen LogP contribution in [-0.4, -0.2) is 47.8 Å². The first-order valence-electron chi connectivity index (χ1n) is 8.68. The second kappa shape index (κ2) is 6.78. The Balaban J connectivity index is 1.71. The van der Waals surface area contributed by atoms with Gasteiger partial charge in [-0.3, -0.25) is 19.3 Å². The van der Waals surface area contributed by atoms with Gasteiger partial charge in [0.15, 0.2) is 0 Å². The number of rotatable bonds is 5. The van der Waals surface area contributed by atoms with Crippen molar-refractivity contribution in [2.24, 2.45) is 0 Å². The minimum Gasteiger partial charge on any atom is -0.355 e. The van der Waals surface area contributed by atoms with E-state index in [1.807, 2.05) is 24.3 Å². The Morgan fingerprint density at radius 3 is 2.77 bits per heavy atom. The molecule has 8 heteroatoms. The van der Waals surface area contributed by atoms with E-state index in [0.29, 0.717) is 19.4 Å². The van der Waals surface area contributed by atoms with Crippen molar-refractivity contribution in [2.45, 2.75) is 38.3 Å². The van der Waals surface area contributed by atoms with Gasteiger partial charge in [-0.15, -0.1) is 0 Å². The third kappa shape index (κ3) is 2.91. The molecule has 3 rings (SSSR count). The smallest absolute Gasteiger partial charge is 0.325 e. The molecule has 2 aliphatic rings. The van der Waals surface area contributed by atoms with Crippen molar-refractivity contribution in [1.29, 1.82) is 0 Å². The van der Waals surface area contributed by atoms with Crippen LogP contribution in [0.3, 0.4) is 0 Å². The first-order valence-corrected chi connectivity index (χ1v) is 8.68. The lowest BCUT2D eigenvalue weighted by molar-refractivity contribution is -0.136. The lowest BCUT2D eigenvalue weighted by Crippen LogP contribution is -2.49. The number of urea groups is 1. The van der Waals surface area contributed by atoms with Crippen molar-refractivity contribution >= 4 is 23.8 Å². The second-order valence-electron chi connectivity index (χ2n) is 6.57. The number of nitrogens with one attached hydrogen (secondary N) is 3. The van der Waals surface area contributed by atoms with Crippen LogP contribution in [0.4, 0.5) is 4.79 Å². The number of carbonyl (C=O) groups is 4. The predicted molar refractivity (Wildman–Crippen MR) is 93.0 cm³/mol. The number of hydrogen-bond donors (Lipinski definition) is 3. The highest BCUT2D eigenvalue weighted by Gasteiger charge is 2.55. The molecule has 1 aromatic carbocycles. The molecule has 5 amide bonds. The zero-order valence-electron chi connectivity index (χ0n) is 14.8. The van der Waals surface area contributed by atoms with E-state index in [-0.39, 0.29) is 5.91 Å². The summed E-state index contributed by atoms with van der Waals surface area (Å²) in [6.07, 6.45) is 1.17. The highest BCUT2D eigenvalue weighted by Crippen LogP contribution is 2.41. The number of aryl methyl sites for hydroxylation is 1. The molecule has 1 spiro atoms. The monoisotopic (exact) mass is 358 g/mol. The van der Waals surface area contributed by atoms with Crippen LogP contribution in [0.15, 0.2) is 24.3 Å². The average Bonchev–Trinajstić information content (AvgIpc) is 3.09. The molecule has 8 nitrogen and oxygen atoms in total. The van der Waals surface area contributed by atoms with Crippen molar-refractivity contribution in [2.75, 3.05) is 13.1 Å². The molecular weight excluding hydrogens is 336 g/mol. The molecule has 1 aliphatic heterocycles. The van der Waals surface area contributed by atoms with Crippen LogP contribution in [0.1, 0.15) is 31.4 Å². The maximum Gasteiger partial charge on any atom is 0.325 e. The number of carbonyl (C=O) groups excluding carboxylic acids is 4. The van der Waals surface area contributed by atoms with Crippen molar-refractivity contribution < 1.29 is 19.2 Å². The molecule has 1 saturated heterocycles. The standard InChI is InChI=1S/C18H22N4O4/c1-3-19-15(24)11(2)20-14(23)10-22-16(25)18(21-17(22)26)9-8-12-6-4-5-7-13(12)18/h4-7,11H,3,8-10H2,1-2H3,(H,19,24)(H,20,23)(H,21,26)/t11-,18-/m1/s1. The molecule has 1 aliphatic carbocycles. The quantitative estimate of drug-likeness (QED) is 0.645. The summed E-state index contributed by atoms with van der Waals surface area (Å²) in [6.45, 7) is 3.36. The highest BCUT2D eigenvalue weighted by molar-refractivity contribution is 6.10. The number of likely N-dealkylation sites (N-methyl/N-ethyl adjacent to an activating group) is 1. The van der Waals surface area contributed by atoms with Crippen molar-refractivity contribution in [3.63, 3.8) is 0 Å². The zero-order valence-corrected chi connectivity index (χ0v) is 14.8. The van der Waals surface area contributed by atoms with Crippen LogP contribution in [0, 0.1) is 0 Å². The summed E-state index contributed by atoms with van der Waals surface area (Å²) in [6, 6.07) is 6.16. The second-order valence-corrected chi connectivity index (χ2v) is 6.57. The zero-order chi connectivity index (χ0) is 18.9. The third-order valence-electron chi connectivity index (χ3n) is 4.85. The van der Waals surface area contributed by atoms with Crippen molar-refractivity contribution in [1.82, 2.24) is 20.9 Å². The lowest BCUT2D eigenvalue weighted by Gasteiger charge is -2.22. The molecule has 0 radical (unpaired) electrons. The van der Waals surface area contributed by atoms with Gasteiger partial charge < -0.3 is 16.0 Å².